The topological polar surface area (TPSA) is 95.2 Å². The molecular formula is C38H57BrN6O3Si2. The monoisotopic (exact) mass is 780 g/mol. The molecule has 2 aromatic heterocycles. The van der Waals surface area contributed by atoms with Crippen LogP contribution in [-0.4, -0.2) is 60.4 Å². The molecule has 272 valence electrons. The molecule has 0 aliphatic heterocycles. The largest absolute Gasteiger partial charge is 0.414 e. The van der Waals surface area contributed by atoms with E-state index in [0.717, 1.165) is 89.4 Å². The Hall–Kier alpha value is -2.52. The van der Waals surface area contributed by atoms with Crippen LogP contribution in [0.4, 0.5) is 11.8 Å². The number of aromatic nitrogens is 4. The standard InChI is InChI=1S/C38H57BrN6O3Si2/c1-38(2,3)50(7,8)48-30-17-15-29(16-18-30)45-34-19-13-26(36(46)40-28-11-9-10-12-28)23-32(34)41-37(45)42-35-31-24-27(39)14-20-33(31)44(43-35)25-47-21-22-49(4,5)6/h13-14,19-20,23-24,28-30H,9-12,15-18,21-22,25H2,1-8H3,(H,40,46)(H,41,42,43). The molecule has 2 aromatic carbocycles. The highest BCUT2D eigenvalue weighted by molar-refractivity contribution is 9.10. The zero-order valence-electron chi connectivity index (χ0n) is 31.4. The predicted octanol–water partition coefficient (Wildman–Crippen LogP) is 10.4. The smallest absolute Gasteiger partial charge is 0.251 e. The molecule has 0 bridgehead atoms. The number of carbonyl (C=O) groups is 1. The van der Waals surface area contributed by atoms with Crippen LogP contribution >= 0.6 is 15.9 Å². The minimum absolute atomic E-state index is 0.0186. The molecule has 2 heterocycles. The number of carbonyl (C=O) groups excluding carboxylic acids is 1. The first kappa shape index (κ1) is 37.2. The number of ether oxygens (including phenoxy) is 1. The highest BCUT2D eigenvalue weighted by Gasteiger charge is 2.40. The molecule has 0 atom stereocenters. The maximum absolute atomic E-state index is 13.3. The van der Waals surface area contributed by atoms with Crippen molar-refractivity contribution in [2.24, 2.45) is 0 Å². The Morgan fingerprint density at radius 2 is 1.66 bits per heavy atom. The second-order valence-corrected chi connectivity index (χ2v) is 28.5. The Balaban J connectivity index is 1.31. The van der Waals surface area contributed by atoms with Crippen molar-refractivity contribution in [3.05, 3.63) is 46.4 Å². The highest BCUT2D eigenvalue weighted by Crippen LogP contribution is 2.42. The number of benzene rings is 2. The summed E-state index contributed by atoms with van der Waals surface area (Å²) in [5.74, 6) is 1.46. The van der Waals surface area contributed by atoms with Crippen LogP contribution in [-0.2, 0) is 15.9 Å². The molecule has 2 saturated carbocycles. The summed E-state index contributed by atoms with van der Waals surface area (Å²) >= 11 is 3.68. The van der Waals surface area contributed by atoms with Gasteiger partial charge in [-0.05, 0) is 99.1 Å². The summed E-state index contributed by atoms with van der Waals surface area (Å²) in [6, 6.07) is 13.8. The summed E-state index contributed by atoms with van der Waals surface area (Å²) in [6.45, 7) is 19.8. The lowest BCUT2D eigenvalue weighted by Gasteiger charge is -2.41. The summed E-state index contributed by atoms with van der Waals surface area (Å²) in [6.07, 6.45) is 8.76. The Bertz CT molecular complexity index is 1810. The average molecular weight is 782 g/mol. The second kappa shape index (κ2) is 14.8. The summed E-state index contributed by atoms with van der Waals surface area (Å²) in [5.41, 5.74) is 3.49. The van der Waals surface area contributed by atoms with Crippen molar-refractivity contribution in [2.75, 3.05) is 11.9 Å². The van der Waals surface area contributed by atoms with E-state index in [1.165, 1.54) is 12.8 Å². The van der Waals surface area contributed by atoms with Crippen molar-refractivity contribution >= 4 is 71.9 Å². The summed E-state index contributed by atoms with van der Waals surface area (Å²) in [7, 11) is -3.06. The molecule has 12 heteroatoms. The van der Waals surface area contributed by atoms with Crippen molar-refractivity contribution in [1.29, 1.82) is 0 Å². The van der Waals surface area contributed by atoms with E-state index in [2.05, 4.69) is 103 Å². The highest BCUT2D eigenvalue weighted by atomic mass is 79.9. The Labute approximate surface area is 308 Å². The Kier molecular flexibility index (Phi) is 11.1. The van der Waals surface area contributed by atoms with Crippen molar-refractivity contribution < 1.29 is 14.0 Å². The quantitative estimate of drug-likeness (QED) is 0.110. The lowest BCUT2D eigenvalue weighted by Crippen LogP contribution is -2.44. The zero-order valence-corrected chi connectivity index (χ0v) is 35.0. The lowest BCUT2D eigenvalue weighted by atomic mass is 9.93. The molecule has 4 aromatic rings. The van der Waals surface area contributed by atoms with Gasteiger partial charge in [0.1, 0.15) is 6.73 Å². The fourth-order valence-electron chi connectivity index (χ4n) is 7.03. The number of amides is 1. The normalized spacial score (nSPS) is 19.5. The maximum atomic E-state index is 13.3. The van der Waals surface area contributed by atoms with Crippen molar-refractivity contribution in [2.45, 2.75) is 141 Å². The number of imidazole rings is 1. The molecule has 6 rings (SSSR count). The zero-order chi connectivity index (χ0) is 35.8. The number of nitrogens with one attached hydrogen (secondary N) is 2. The summed E-state index contributed by atoms with van der Waals surface area (Å²) < 4.78 is 18.3. The number of hydrogen-bond acceptors (Lipinski definition) is 6. The lowest BCUT2D eigenvalue weighted by molar-refractivity contribution is 0.0819. The van der Waals surface area contributed by atoms with E-state index in [4.69, 9.17) is 19.2 Å². The van der Waals surface area contributed by atoms with Gasteiger partial charge in [0, 0.05) is 48.3 Å². The Morgan fingerprint density at radius 3 is 2.34 bits per heavy atom. The average Bonchev–Trinajstić information content (AvgIpc) is 3.76. The molecule has 0 unspecified atom stereocenters. The van der Waals surface area contributed by atoms with Gasteiger partial charge in [-0.15, -0.1) is 0 Å². The fraction of sp³-hybridized carbons (Fsp3) is 0.605. The third kappa shape index (κ3) is 8.57. The third-order valence-corrected chi connectivity index (χ3v) is 17.8. The van der Waals surface area contributed by atoms with Gasteiger partial charge in [0.05, 0.1) is 16.6 Å². The van der Waals surface area contributed by atoms with E-state index in [9.17, 15) is 4.79 Å². The van der Waals surface area contributed by atoms with Crippen LogP contribution in [0, 0.1) is 0 Å². The number of nitrogens with zero attached hydrogens (tertiary/aromatic N) is 4. The first-order valence-electron chi connectivity index (χ1n) is 18.6. The van der Waals surface area contributed by atoms with Crippen molar-refractivity contribution in [1.82, 2.24) is 24.6 Å². The Morgan fingerprint density at radius 1 is 0.960 bits per heavy atom. The van der Waals surface area contributed by atoms with E-state index in [0.29, 0.717) is 12.3 Å². The van der Waals surface area contributed by atoms with Gasteiger partial charge in [0.15, 0.2) is 14.1 Å². The van der Waals surface area contributed by atoms with E-state index >= 15 is 0 Å². The summed E-state index contributed by atoms with van der Waals surface area (Å²) in [5, 5.41) is 13.1. The molecule has 2 aliphatic carbocycles. The second-order valence-electron chi connectivity index (χ2n) is 17.3. The van der Waals surface area contributed by atoms with Gasteiger partial charge in [-0.2, -0.15) is 5.10 Å². The molecule has 0 spiro atoms. The van der Waals surface area contributed by atoms with E-state index in [1.807, 2.05) is 22.9 Å². The number of anilines is 2. The van der Waals surface area contributed by atoms with Gasteiger partial charge < -0.3 is 24.4 Å². The molecule has 2 fully saturated rings. The van der Waals surface area contributed by atoms with Gasteiger partial charge in [-0.3, -0.25) is 4.79 Å². The van der Waals surface area contributed by atoms with Crippen LogP contribution < -0.4 is 10.6 Å². The van der Waals surface area contributed by atoms with Crippen LogP contribution in [0.3, 0.4) is 0 Å². The van der Waals surface area contributed by atoms with Crippen LogP contribution in [0.15, 0.2) is 40.9 Å². The number of fused-ring (bicyclic) bond motifs is 2. The molecular weight excluding hydrogens is 725 g/mol. The fourth-order valence-corrected chi connectivity index (χ4v) is 9.57. The number of rotatable bonds is 12. The van der Waals surface area contributed by atoms with Crippen molar-refractivity contribution in [3.8, 4) is 0 Å². The predicted molar refractivity (Wildman–Crippen MR) is 214 cm³/mol. The van der Waals surface area contributed by atoms with Crippen molar-refractivity contribution in [3.63, 3.8) is 0 Å². The van der Waals surface area contributed by atoms with Crippen LogP contribution in [0.2, 0.25) is 43.8 Å². The maximum Gasteiger partial charge on any atom is 0.251 e. The number of hydrogen-bond donors (Lipinski definition) is 2. The molecule has 0 saturated heterocycles. The molecule has 2 N–H and O–H groups in total. The molecule has 0 radical (unpaired) electrons. The van der Waals surface area contributed by atoms with Gasteiger partial charge in [-0.25, -0.2) is 9.67 Å². The van der Waals surface area contributed by atoms with E-state index < -0.39 is 16.4 Å². The van der Waals surface area contributed by atoms with E-state index in [-0.39, 0.29) is 29.1 Å². The minimum atomic E-state index is -1.86. The molecule has 2 aliphatic rings. The first-order valence-corrected chi connectivity index (χ1v) is 26.0. The molecule has 50 heavy (non-hydrogen) atoms. The molecule has 1 amide bonds. The number of halogens is 1. The van der Waals surface area contributed by atoms with E-state index in [1.54, 1.807) is 0 Å². The van der Waals surface area contributed by atoms with Gasteiger partial charge in [0.2, 0.25) is 5.95 Å². The van der Waals surface area contributed by atoms with Gasteiger partial charge in [0.25, 0.3) is 5.91 Å². The summed E-state index contributed by atoms with van der Waals surface area (Å²) in [4.78, 5) is 18.5. The van der Waals surface area contributed by atoms with Crippen LogP contribution in [0.1, 0.15) is 88.5 Å². The minimum Gasteiger partial charge on any atom is -0.414 e. The van der Waals surface area contributed by atoms with Crippen LogP contribution in [0.5, 0.6) is 0 Å². The molecule has 9 nitrogen and oxygen atoms in total. The third-order valence-electron chi connectivity index (χ3n) is 11.1. The SMILES string of the molecule is CC(C)(C)[Si](C)(C)OC1CCC(n2c(Nc3nn(COCC[Si](C)(C)C)c4ccc(Br)cc34)nc3cc(C(=O)NC4CCCC4)ccc32)CC1. The van der Waals surface area contributed by atoms with Gasteiger partial charge >= 0.3 is 0 Å². The first-order chi connectivity index (χ1) is 23.6. The van der Waals surface area contributed by atoms with Crippen LogP contribution in [0.25, 0.3) is 21.9 Å². The van der Waals surface area contributed by atoms with Gasteiger partial charge in [-0.1, -0.05) is 69.2 Å².